The molecule has 0 aliphatic carbocycles. The number of hydrogen-bond acceptors (Lipinski definition) is 2. The number of rotatable bonds is 3. The van der Waals surface area contributed by atoms with Gasteiger partial charge in [-0.25, -0.2) is 4.79 Å². The van der Waals surface area contributed by atoms with Crippen molar-refractivity contribution in [3.63, 3.8) is 0 Å². The third kappa shape index (κ3) is 4.13. The van der Waals surface area contributed by atoms with E-state index in [-0.39, 0.29) is 18.5 Å². The van der Waals surface area contributed by atoms with E-state index in [1.807, 2.05) is 0 Å². The van der Waals surface area contributed by atoms with Crippen LogP contribution >= 0.6 is 0 Å². The average Bonchev–Trinajstić information content (AvgIpc) is 2.33. The van der Waals surface area contributed by atoms with Gasteiger partial charge in [-0.3, -0.25) is 0 Å². The van der Waals surface area contributed by atoms with Crippen molar-refractivity contribution in [1.82, 2.24) is 10.2 Å². The fourth-order valence-corrected chi connectivity index (χ4v) is 2.23. The van der Waals surface area contributed by atoms with Crippen LogP contribution in [0, 0.1) is 0 Å². The molecule has 1 aliphatic rings. The molecule has 2 rings (SSSR count). The minimum absolute atomic E-state index is 0.0878. The molecule has 2 N–H and O–H groups in total. The van der Waals surface area contributed by atoms with Gasteiger partial charge >= 0.3 is 12.2 Å². The molecule has 22 heavy (non-hydrogen) atoms. The van der Waals surface area contributed by atoms with Crippen LogP contribution in [0.5, 0.6) is 0 Å². The molecular weight excluding hydrogens is 297 g/mol. The largest absolute Gasteiger partial charge is 0.416 e. The quantitative estimate of drug-likeness (QED) is 0.900. The Kier molecular flexibility index (Phi) is 4.37. The molecule has 122 valence electrons. The first-order valence-electron chi connectivity index (χ1n) is 6.98. The number of aliphatic hydroxyl groups is 1. The number of carbonyl (C=O) groups excluding carboxylic acids is 1. The molecule has 0 spiro atoms. The highest BCUT2D eigenvalue weighted by molar-refractivity contribution is 5.75. The molecule has 1 heterocycles. The molecule has 1 fully saturated rings. The Morgan fingerprint density at radius 1 is 1.36 bits per heavy atom. The van der Waals surface area contributed by atoms with Crippen LogP contribution in [-0.4, -0.2) is 41.3 Å². The lowest BCUT2D eigenvalue weighted by molar-refractivity contribution is -0.137. The van der Waals surface area contributed by atoms with Gasteiger partial charge in [-0.15, -0.1) is 0 Å². The van der Waals surface area contributed by atoms with Crippen LogP contribution in [0.4, 0.5) is 18.0 Å². The van der Waals surface area contributed by atoms with Gasteiger partial charge in [0.25, 0.3) is 0 Å². The smallest absolute Gasteiger partial charge is 0.389 e. The lowest BCUT2D eigenvalue weighted by atomic mass is 9.90. The summed E-state index contributed by atoms with van der Waals surface area (Å²) in [6, 6.07) is 4.89. The van der Waals surface area contributed by atoms with Crippen molar-refractivity contribution in [3.8, 4) is 0 Å². The lowest BCUT2D eigenvalue weighted by Gasteiger charge is -2.40. The standard InChI is InChI=1S/C15H19F3N2O2/c1-14(2,22)9-19-13(21)20-7-11(8-20)10-4-3-5-12(6-10)15(16,17)18/h3-6,11,22H,7-9H2,1-2H3,(H,19,21). The maximum Gasteiger partial charge on any atom is 0.416 e. The van der Waals surface area contributed by atoms with Gasteiger partial charge in [0.05, 0.1) is 11.2 Å². The number of halogens is 3. The molecule has 1 aliphatic heterocycles. The predicted octanol–water partition coefficient (Wildman–Crippen LogP) is 2.59. The van der Waals surface area contributed by atoms with Crippen molar-refractivity contribution in [2.75, 3.05) is 19.6 Å². The number of nitrogens with one attached hydrogen (secondary N) is 1. The third-order valence-corrected chi connectivity index (χ3v) is 3.53. The van der Waals surface area contributed by atoms with Crippen LogP contribution in [0.25, 0.3) is 0 Å². The van der Waals surface area contributed by atoms with Crippen LogP contribution in [-0.2, 0) is 6.18 Å². The van der Waals surface area contributed by atoms with Crippen molar-refractivity contribution in [3.05, 3.63) is 35.4 Å². The molecular formula is C15H19F3N2O2. The van der Waals surface area contributed by atoms with Gasteiger partial charge in [-0.1, -0.05) is 18.2 Å². The van der Waals surface area contributed by atoms with E-state index in [0.717, 1.165) is 12.1 Å². The van der Waals surface area contributed by atoms with Gasteiger partial charge in [0.2, 0.25) is 0 Å². The van der Waals surface area contributed by atoms with Crippen LogP contribution in [0.3, 0.4) is 0 Å². The Hall–Kier alpha value is -1.76. The molecule has 1 aromatic carbocycles. The van der Waals surface area contributed by atoms with Crippen LogP contribution in [0.2, 0.25) is 0 Å². The molecule has 0 radical (unpaired) electrons. The van der Waals surface area contributed by atoms with Gasteiger partial charge in [0.1, 0.15) is 0 Å². The molecule has 2 amide bonds. The number of alkyl halides is 3. The summed E-state index contributed by atoms with van der Waals surface area (Å²) in [5.74, 6) is -0.0878. The van der Waals surface area contributed by atoms with Crippen molar-refractivity contribution in [1.29, 1.82) is 0 Å². The van der Waals surface area contributed by atoms with Gasteiger partial charge in [0.15, 0.2) is 0 Å². The maximum atomic E-state index is 12.7. The first kappa shape index (κ1) is 16.6. The van der Waals surface area contributed by atoms with Gasteiger partial charge < -0.3 is 15.3 Å². The zero-order chi connectivity index (χ0) is 16.5. The Morgan fingerprint density at radius 3 is 2.55 bits per heavy atom. The predicted molar refractivity (Wildman–Crippen MR) is 75.5 cm³/mol. The van der Waals surface area contributed by atoms with Crippen molar-refractivity contribution in [2.45, 2.75) is 31.5 Å². The molecule has 7 heteroatoms. The summed E-state index contributed by atoms with van der Waals surface area (Å²) < 4.78 is 38.0. The summed E-state index contributed by atoms with van der Waals surface area (Å²) in [4.78, 5) is 13.3. The van der Waals surface area contributed by atoms with E-state index in [2.05, 4.69) is 5.32 Å². The van der Waals surface area contributed by atoms with E-state index >= 15 is 0 Å². The summed E-state index contributed by atoms with van der Waals surface area (Å²) in [6.07, 6.45) is -4.36. The SMILES string of the molecule is CC(C)(O)CNC(=O)N1CC(c2cccc(C(F)(F)F)c2)C1. The van der Waals surface area contributed by atoms with E-state index in [1.165, 1.54) is 11.0 Å². The van der Waals surface area contributed by atoms with Crippen LogP contribution in [0.1, 0.15) is 30.9 Å². The summed E-state index contributed by atoms with van der Waals surface area (Å²) in [5, 5.41) is 12.1. The van der Waals surface area contributed by atoms with E-state index in [9.17, 15) is 23.1 Å². The number of amides is 2. The van der Waals surface area contributed by atoms with Crippen molar-refractivity contribution < 1.29 is 23.1 Å². The van der Waals surface area contributed by atoms with Gasteiger partial charge in [-0.2, -0.15) is 13.2 Å². The summed E-state index contributed by atoms with van der Waals surface area (Å²) >= 11 is 0. The maximum absolute atomic E-state index is 12.7. The number of benzene rings is 1. The molecule has 0 atom stereocenters. The highest BCUT2D eigenvalue weighted by Crippen LogP contribution is 2.33. The third-order valence-electron chi connectivity index (χ3n) is 3.53. The zero-order valence-corrected chi connectivity index (χ0v) is 12.4. The Morgan fingerprint density at radius 2 is 2.00 bits per heavy atom. The molecule has 0 aromatic heterocycles. The fraction of sp³-hybridized carbons (Fsp3) is 0.533. The first-order valence-corrected chi connectivity index (χ1v) is 6.98. The fourth-order valence-electron chi connectivity index (χ4n) is 2.23. The summed E-state index contributed by atoms with van der Waals surface area (Å²) in [7, 11) is 0. The second-order valence-corrected chi connectivity index (χ2v) is 6.20. The minimum Gasteiger partial charge on any atom is -0.389 e. The van der Waals surface area contributed by atoms with E-state index < -0.39 is 17.3 Å². The number of hydrogen-bond donors (Lipinski definition) is 2. The van der Waals surface area contributed by atoms with Crippen molar-refractivity contribution in [2.24, 2.45) is 0 Å². The van der Waals surface area contributed by atoms with Gasteiger partial charge in [0, 0.05) is 25.6 Å². The Balaban J connectivity index is 1.90. The number of nitrogens with zero attached hydrogens (tertiary/aromatic N) is 1. The Labute approximate surface area is 126 Å². The zero-order valence-electron chi connectivity index (χ0n) is 12.4. The highest BCUT2D eigenvalue weighted by Gasteiger charge is 2.35. The normalized spacial score (nSPS) is 16.4. The lowest BCUT2D eigenvalue weighted by Crippen LogP contribution is -2.54. The molecule has 0 bridgehead atoms. The number of urea groups is 1. The first-order chi connectivity index (χ1) is 10.1. The molecule has 0 saturated carbocycles. The topological polar surface area (TPSA) is 52.6 Å². The van der Waals surface area contributed by atoms with Gasteiger partial charge in [-0.05, 0) is 25.5 Å². The molecule has 0 unspecified atom stereocenters. The van der Waals surface area contributed by atoms with Crippen LogP contribution < -0.4 is 5.32 Å². The Bertz CT molecular complexity index is 546. The van der Waals surface area contributed by atoms with E-state index in [0.29, 0.717) is 18.7 Å². The molecule has 1 aromatic rings. The van der Waals surface area contributed by atoms with E-state index in [4.69, 9.17) is 0 Å². The second-order valence-electron chi connectivity index (χ2n) is 6.20. The second kappa shape index (κ2) is 5.79. The van der Waals surface area contributed by atoms with Crippen LogP contribution in [0.15, 0.2) is 24.3 Å². The molecule has 4 nitrogen and oxygen atoms in total. The highest BCUT2D eigenvalue weighted by atomic mass is 19.4. The molecule has 1 saturated heterocycles. The van der Waals surface area contributed by atoms with Crippen molar-refractivity contribution >= 4 is 6.03 Å². The average molecular weight is 316 g/mol. The summed E-state index contributed by atoms with van der Waals surface area (Å²) in [5.41, 5.74) is -1.09. The minimum atomic E-state index is -4.36. The monoisotopic (exact) mass is 316 g/mol. The number of carbonyl (C=O) groups is 1. The van der Waals surface area contributed by atoms with E-state index in [1.54, 1.807) is 19.9 Å². The summed E-state index contributed by atoms with van der Waals surface area (Å²) in [6.45, 7) is 4.03. The number of likely N-dealkylation sites (tertiary alicyclic amines) is 1.